The van der Waals surface area contributed by atoms with Crippen LogP contribution >= 0.6 is 0 Å². The van der Waals surface area contributed by atoms with Gasteiger partial charge in [-0.25, -0.2) is 4.98 Å². The summed E-state index contributed by atoms with van der Waals surface area (Å²) in [6.45, 7) is 7.61. The molecule has 0 unspecified atom stereocenters. The van der Waals surface area contributed by atoms with Gasteiger partial charge in [0.1, 0.15) is 5.82 Å². The standard InChI is InChI=1S/C18H29N3/c1-3-18(2)8-10-21(11-9-18)17-15(13-19)12-14-6-4-5-7-16(14)20-17/h12H,3-11,13,19H2,1-2H3. The highest BCUT2D eigenvalue weighted by Gasteiger charge is 2.30. The van der Waals surface area contributed by atoms with Crippen molar-refractivity contribution in [1.82, 2.24) is 4.98 Å². The number of rotatable bonds is 3. The zero-order valence-electron chi connectivity index (χ0n) is 13.6. The number of nitrogens with two attached hydrogens (primary N) is 1. The second-order valence-corrected chi connectivity index (χ2v) is 7.14. The fourth-order valence-corrected chi connectivity index (χ4v) is 3.71. The summed E-state index contributed by atoms with van der Waals surface area (Å²) < 4.78 is 0. The molecule has 1 aliphatic carbocycles. The fraction of sp³-hybridized carbons (Fsp3) is 0.722. The van der Waals surface area contributed by atoms with Gasteiger partial charge in [0.2, 0.25) is 0 Å². The predicted octanol–water partition coefficient (Wildman–Crippen LogP) is 3.44. The Bertz CT molecular complexity index is 501. The first kappa shape index (κ1) is 14.8. The number of pyridine rings is 1. The largest absolute Gasteiger partial charge is 0.356 e. The minimum atomic E-state index is 0.521. The van der Waals surface area contributed by atoms with E-state index in [-0.39, 0.29) is 0 Å². The molecular weight excluding hydrogens is 258 g/mol. The number of aromatic nitrogens is 1. The van der Waals surface area contributed by atoms with Crippen molar-refractivity contribution in [1.29, 1.82) is 0 Å². The minimum absolute atomic E-state index is 0.521. The van der Waals surface area contributed by atoms with Gasteiger partial charge >= 0.3 is 0 Å². The van der Waals surface area contributed by atoms with Crippen LogP contribution in [0.5, 0.6) is 0 Å². The lowest BCUT2D eigenvalue weighted by Gasteiger charge is -2.40. The van der Waals surface area contributed by atoms with Crippen LogP contribution in [0.1, 0.15) is 62.8 Å². The lowest BCUT2D eigenvalue weighted by atomic mass is 9.78. The molecule has 0 radical (unpaired) electrons. The van der Waals surface area contributed by atoms with Crippen LogP contribution in [0.3, 0.4) is 0 Å². The van der Waals surface area contributed by atoms with E-state index >= 15 is 0 Å². The van der Waals surface area contributed by atoms with Crippen molar-refractivity contribution in [3.63, 3.8) is 0 Å². The molecule has 21 heavy (non-hydrogen) atoms. The highest BCUT2D eigenvalue weighted by Crippen LogP contribution is 2.36. The Hall–Kier alpha value is -1.09. The summed E-state index contributed by atoms with van der Waals surface area (Å²) >= 11 is 0. The topological polar surface area (TPSA) is 42.2 Å². The van der Waals surface area contributed by atoms with Crippen LogP contribution in [0.25, 0.3) is 0 Å². The monoisotopic (exact) mass is 287 g/mol. The molecule has 1 aromatic heterocycles. The molecule has 0 saturated carbocycles. The lowest BCUT2D eigenvalue weighted by Crippen LogP contribution is -2.39. The zero-order chi connectivity index (χ0) is 14.9. The number of nitrogens with zero attached hydrogens (tertiary/aromatic N) is 2. The van der Waals surface area contributed by atoms with Gasteiger partial charge in [-0.15, -0.1) is 0 Å². The van der Waals surface area contributed by atoms with Gasteiger partial charge in [0.05, 0.1) is 0 Å². The number of aryl methyl sites for hydroxylation is 2. The summed E-state index contributed by atoms with van der Waals surface area (Å²) in [5.41, 5.74) is 10.5. The maximum Gasteiger partial charge on any atom is 0.133 e. The summed E-state index contributed by atoms with van der Waals surface area (Å²) in [5, 5.41) is 0. The van der Waals surface area contributed by atoms with Crippen molar-refractivity contribution in [3.8, 4) is 0 Å². The minimum Gasteiger partial charge on any atom is -0.356 e. The molecule has 0 aromatic carbocycles. The first-order valence-corrected chi connectivity index (χ1v) is 8.62. The molecule has 3 heteroatoms. The normalized spacial score (nSPS) is 21.2. The van der Waals surface area contributed by atoms with Crippen LogP contribution in [-0.4, -0.2) is 18.1 Å². The van der Waals surface area contributed by atoms with E-state index < -0.39 is 0 Å². The first-order valence-electron chi connectivity index (χ1n) is 8.62. The molecular formula is C18H29N3. The van der Waals surface area contributed by atoms with Crippen LogP contribution in [0.4, 0.5) is 5.82 Å². The lowest BCUT2D eigenvalue weighted by molar-refractivity contribution is 0.237. The van der Waals surface area contributed by atoms with Gasteiger partial charge < -0.3 is 10.6 Å². The molecule has 0 spiro atoms. The van der Waals surface area contributed by atoms with Gasteiger partial charge in [0.25, 0.3) is 0 Å². The van der Waals surface area contributed by atoms with Gasteiger partial charge in [-0.2, -0.15) is 0 Å². The average molecular weight is 287 g/mol. The van der Waals surface area contributed by atoms with E-state index in [9.17, 15) is 0 Å². The van der Waals surface area contributed by atoms with Crippen molar-refractivity contribution in [2.45, 2.75) is 65.3 Å². The van der Waals surface area contributed by atoms with Gasteiger partial charge in [-0.3, -0.25) is 0 Å². The molecule has 2 N–H and O–H groups in total. The van der Waals surface area contributed by atoms with Gasteiger partial charge in [-0.1, -0.05) is 20.3 Å². The Morgan fingerprint density at radius 1 is 1.24 bits per heavy atom. The van der Waals surface area contributed by atoms with Crippen LogP contribution in [0, 0.1) is 5.41 Å². The van der Waals surface area contributed by atoms with Crippen LogP contribution in [-0.2, 0) is 19.4 Å². The molecule has 1 aliphatic heterocycles. The molecule has 3 nitrogen and oxygen atoms in total. The molecule has 0 amide bonds. The van der Waals surface area contributed by atoms with E-state index in [2.05, 4.69) is 24.8 Å². The Labute approximate surface area is 128 Å². The smallest absolute Gasteiger partial charge is 0.133 e. The predicted molar refractivity (Wildman–Crippen MR) is 88.6 cm³/mol. The average Bonchev–Trinajstić information content (AvgIpc) is 2.54. The third kappa shape index (κ3) is 2.94. The highest BCUT2D eigenvalue weighted by molar-refractivity contribution is 5.51. The van der Waals surface area contributed by atoms with Crippen LogP contribution in [0.2, 0.25) is 0 Å². The van der Waals surface area contributed by atoms with Crippen molar-refractivity contribution in [3.05, 3.63) is 22.9 Å². The quantitative estimate of drug-likeness (QED) is 0.926. The number of hydrogen-bond donors (Lipinski definition) is 1. The molecule has 1 aromatic rings. The Kier molecular flexibility index (Phi) is 4.21. The van der Waals surface area contributed by atoms with Crippen LogP contribution in [0.15, 0.2) is 6.07 Å². The third-order valence-electron chi connectivity index (χ3n) is 5.70. The van der Waals surface area contributed by atoms with Crippen LogP contribution < -0.4 is 10.6 Å². The SMILES string of the molecule is CCC1(C)CCN(c2nc3c(cc2CN)CCCC3)CC1. The van der Waals surface area contributed by atoms with E-state index in [1.807, 2.05) is 0 Å². The van der Waals surface area contributed by atoms with E-state index in [4.69, 9.17) is 10.7 Å². The maximum atomic E-state index is 6.00. The summed E-state index contributed by atoms with van der Waals surface area (Å²) in [6.07, 6.45) is 8.74. The van der Waals surface area contributed by atoms with E-state index in [1.54, 1.807) is 0 Å². The number of hydrogen-bond acceptors (Lipinski definition) is 3. The second-order valence-electron chi connectivity index (χ2n) is 7.14. The summed E-state index contributed by atoms with van der Waals surface area (Å²) in [7, 11) is 0. The second kappa shape index (κ2) is 5.96. The van der Waals surface area contributed by atoms with Gasteiger partial charge in [-0.05, 0) is 55.6 Å². The van der Waals surface area contributed by atoms with Gasteiger partial charge in [0.15, 0.2) is 0 Å². The summed E-state index contributed by atoms with van der Waals surface area (Å²) in [5.74, 6) is 1.18. The molecule has 1 fully saturated rings. The molecule has 1 saturated heterocycles. The van der Waals surface area contributed by atoms with Crippen molar-refractivity contribution in [2.75, 3.05) is 18.0 Å². The highest BCUT2D eigenvalue weighted by atomic mass is 15.2. The van der Waals surface area contributed by atoms with E-state index in [0.717, 1.165) is 19.5 Å². The Morgan fingerprint density at radius 3 is 2.62 bits per heavy atom. The summed E-state index contributed by atoms with van der Waals surface area (Å²) in [4.78, 5) is 7.51. The van der Waals surface area contributed by atoms with Crippen molar-refractivity contribution in [2.24, 2.45) is 11.1 Å². The number of piperidine rings is 1. The molecule has 0 bridgehead atoms. The number of fused-ring (bicyclic) bond motifs is 1. The fourth-order valence-electron chi connectivity index (χ4n) is 3.71. The third-order valence-corrected chi connectivity index (χ3v) is 5.70. The maximum absolute atomic E-state index is 6.00. The summed E-state index contributed by atoms with van der Waals surface area (Å²) in [6, 6.07) is 2.34. The Balaban J connectivity index is 1.85. The first-order chi connectivity index (χ1) is 10.1. The van der Waals surface area contributed by atoms with E-state index in [0.29, 0.717) is 12.0 Å². The molecule has 2 aliphatic rings. The van der Waals surface area contributed by atoms with Crippen molar-refractivity contribution >= 4 is 5.82 Å². The van der Waals surface area contributed by atoms with Gasteiger partial charge in [0, 0.05) is 30.9 Å². The number of anilines is 1. The molecule has 3 rings (SSSR count). The van der Waals surface area contributed by atoms with E-state index in [1.165, 1.54) is 61.2 Å². The molecule has 0 atom stereocenters. The molecule has 2 heterocycles. The van der Waals surface area contributed by atoms with Crippen molar-refractivity contribution < 1.29 is 0 Å². The zero-order valence-corrected chi connectivity index (χ0v) is 13.6. The molecule has 116 valence electrons. The Morgan fingerprint density at radius 2 is 1.95 bits per heavy atom.